The number of rotatable bonds is 4. The molecule has 2 aromatic carbocycles. The fourth-order valence-electron chi connectivity index (χ4n) is 2.02. The van der Waals surface area contributed by atoms with Gasteiger partial charge in [-0.25, -0.2) is 0 Å². The van der Waals surface area contributed by atoms with E-state index in [2.05, 4.69) is 37.2 Å². The summed E-state index contributed by atoms with van der Waals surface area (Å²) in [5.74, 6) is 0. The van der Waals surface area contributed by atoms with Gasteiger partial charge in [0.2, 0.25) is 0 Å². The highest BCUT2D eigenvalue weighted by Gasteiger charge is 2.05. The van der Waals surface area contributed by atoms with E-state index in [9.17, 15) is 4.79 Å². The first kappa shape index (κ1) is 12.5. The quantitative estimate of drug-likeness (QED) is 0.763. The monoisotopic (exact) mass is 239 g/mol. The second-order valence-corrected chi connectivity index (χ2v) is 4.63. The summed E-state index contributed by atoms with van der Waals surface area (Å²) < 4.78 is 0. The van der Waals surface area contributed by atoms with Crippen LogP contribution in [0, 0.1) is 0 Å². The fourth-order valence-corrected chi connectivity index (χ4v) is 2.02. The lowest BCUT2D eigenvalue weighted by Gasteiger charge is -2.14. The maximum Gasteiger partial charge on any atom is 0.150 e. The van der Waals surface area contributed by atoms with Crippen molar-refractivity contribution in [2.24, 2.45) is 0 Å². The van der Waals surface area contributed by atoms with Gasteiger partial charge < -0.3 is 4.90 Å². The molecule has 0 atom stereocenters. The van der Waals surface area contributed by atoms with E-state index in [0.29, 0.717) is 5.56 Å². The summed E-state index contributed by atoms with van der Waals surface area (Å²) in [7, 11) is 4.12. The molecule has 0 bridgehead atoms. The largest absolute Gasteiger partial charge is 0.305 e. The molecule has 0 amide bonds. The first-order valence-corrected chi connectivity index (χ1v) is 5.99. The van der Waals surface area contributed by atoms with Crippen LogP contribution in [0.25, 0.3) is 11.1 Å². The number of carbonyl (C=O) groups is 1. The third kappa shape index (κ3) is 2.84. The Morgan fingerprint density at radius 3 is 2.28 bits per heavy atom. The number of nitrogens with zero attached hydrogens (tertiary/aromatic N) is 1. The molecule has 18 heavy (non-hydrogen) atoms. The lowest BCUT2D eigenvalue weighted by Crippen LogP contribution is -2.11. The van der Waals surface area contributed by atoms with Crippen LogP contribution >= 0.6 is 0 Å². The van der Waals surface area contributed by atoms with Crippen LogP contribution < -0.4 is 0 Å². The van der Waals surface area contributed by atoms with Crippen LogP contribution in [0.15, 0.2) is 48.5 Å². The third-order valence-electron chi connectivity index (χ3n) is 2.86. The van der Waals surface area contributed by atoms with E-state index in [0.717, 1.165) is 18.4 Å². The molecule has 0 saturated heterocycles. The lowest BCUT2D eigenvalue weighted by molar-refractivity contribution is 0.112. The zero-order valence-corrected chi connectivity index (χ0v) is 10.8. The van der Waals surface area contributed by atoms with Crippen LogP contribution in [0.3, 0.4) is 0 Å². The minimum absolute atomic E-state index is 0.712. The van der Waals surface area contributed by atoms with E-state index >= 15 is 0 Å². The topological polar surface area (TPSA) is 20.3 Å². The van der Waals surface area contributed by atoms with Crippen molar-refractivity contribution < 1.29 is 4.79 Å². The van der Waals surface area contributed by atoms with Crippen molar-refractivity contribution in [1.29, 1.82) is 0 Å². The molecule has 0 fully saturated rings. The Kier molecular flexibility index (Phi) is 3.90. The predicted octanol–water partition coefficient (Wildman–Crippen LogP) is 3.23. The highest BCUT2D eigenvalue weighted by Crippen LogP contribution is 2.24. The molecule has 0 aliphatic rings. The van der Waals surface area contributed by atoms with Gasteiger partial charge in [0.15, 0.2) is 0 Å². The Labute approximate surface area is 108 Å². The Hall–Kier alpha value is -1.93. The first-order valence-electron chi connectivity index (χ1n) is 5.99. The zero-order chi connectivity index (χ0) is 13.0. The standard InChI is InChI=1S/C16H17NO/c1-17(2)11-15-5-3-4-6-16(15)14-9-7-13(12-18)8-10-14/h3-10,12H,11H2,1-2H3. The van der Waals surface area contributed by atoms with Crippen molar-refractivity contribution in [1.82, 2.24) is 4.90 Å². The molecule has 0 unspecified atom stereocenters. The minimum Gasteiger partial charge on any atom is -0.305 e. The Morgan fingerprint density at radius 2 is 1.67 bits per heavy atom. The Balaban J connectivity index is 2.39. The van der Waals surface area contributed by atoms with Crippen LogP contribution in [0.4, 0.5) is 0 Å². The number of hydrogen-bond donors (Lipinski definition) is 0. The number of hydrogen-bond acceptors (Lipinski definition) is 2. The summed E-state index contributed by atoms with van der Waals surface area (Å²) in [5, 5.41) is 0. The van der Waals surface area contributed by atoms with E-state index in [4.69, 9.17) is 0 Å². The number of benzene rings is 2. The SMILES string of the molecule is CN(C)Cc1ccccc1-c1ccc(C=O)cc1. The van der Waals surface area contributed by atoms with Crippen LogP contribution in [0.2, 0.25) is 0 Å². The van der Waals surface area contributed by atoms with Gasteiger partial charge in [0.05, 0.1) is 0 Å². The molecular weight excluding hydrogens is 222 g/mol. The number of aldehydes is 1. The number of carbonyl (C=O) groups excluding carboxylic acids is 1. The first-order chi connectivity index (χ1) is 8.70. The van der Waals surface area contributed by atoms with Gasteiger partial charge in [-0.3, -0.25) is 4.79 Å². The van der Waals surface area contributed by atoms with Gasteiger partial charge >= 0.3 is 0 Å². The van der Waals surface area contributed by atoms with Crippen molar-refractivity contribution in [3.05, 3.63) is 59.7 Å². The molecule has 0 radical (unpaired) electrons. The molecule has 0 spiro atoms. The molecule has 0 heterocycles. The average Bonchev–Trinajstić information content (AvgIpc) is 2.39. The van der Waals surface area contributed by atoms with E-state index < -0.39 is 0 Å². The maximum atomic E-state index is 10.7. The Bertz CT molecular complexity index is 529. The molecule has 0 N–H and O–H groups in total. The van der Waals surface area contributed by atoms with E-state index in [-0.39, 0.29) is 0 Å². The summed E-state index contributed by atoms with van der Waals surface area (Å²) in [5.41, 5.74) is 4.38. The molecule has 0 aliphatic carbocycles. The van der Waals surface area contributed by atoms with E-state index in [1.165, 1.54) is 11.1 Å². The van der Waals surface area contributed by atoms with E-state index in [1.54, 1.807) is 0 Å². The smallest absolute Gasteiger partial charge is 0.150 e. The van der Waals surface area contributed by atoms with Gasteiger partial charge in [-0.1, -0.05) is 48.5 Å². The molecule has 2 nitrogen and oxygen atoms in total. The van der Waals surface area contributed by atoms with Crippen molar-refractivity contribution in [3.8, 4) is 11.1 Å². The van der Waals surface area contributed by atoms with Crippen LogP contribution in [-0.2, 0) is 6.54 Å². The third-order valence-corrected chi connectivity index (χ3v) is 2.86. The predicted molar refractivity (Wildman–Crippen MR) is 74.7 cm³/mol. The highest BCUT2D eigenvalue weighted by molar-refractivity contribution is 5.77. The molecule has 92 valence electrons. The summed E-state index contributed by atoms with van der Waals surface area (Å²) in [6, 6.07) is 16.1. The van der Waals surface area contributed by atoms with Crippen molar-refractivity contribution in [2.45, 2.75) is 6.54 Å². The van der Waals surface area contributed by atoms with E-state index in [1.807, 2.05) is 30.3 Å². The normalized spacial score (nSPS) is 10.6. The van der Waals surface area contributed by atoms with Crippen molar-refractivity contribution >= 4 is 6.29 Å². The second kappa shape index (κ2) is 5.61. The fraction of sp³-hybridized carbons (Fsp3) is 0.188. The average molecular weight is 239 g/mol. The summed E-state index contributed by atoms with van der Waals surface area (Å²) in [4.78, 5) is 12.8. The van der Waals surface area contributed by atoms with Crippen molar-refractivity contribution in [3.63, 3.8) is 0 Å². The summed E-state index contributed by atoms with van der Waals surface area (Å²) >= 11 is 0. The van der Waals surface area contributed by atoms with Gasteiger partial charge in [0.25, 0.3) is 0 Å². The van der Waals surface area contributed by atoms with Crippen LogP contribution in [0.1, 0.15) is 15.9 Å². The molecular formula is C16H17NO. The van der Waals surface area contributed by atoms with Gasteiger partial charge in [-0.15, -0.1) is 0 Å². The molecule has 2 aromatic rings. The molecule has 2 heteroatoms. The molecule has 0 aliphatic heterocycles. The van der Waals surface area contributed by atoms with Crippen LogP contribution in [-0.4, -0.2) is 25.3 Å². The molecule has 2 rings (SSSR count). The highest BCUT2D eigenvalue weighted by atomic mass is 16.1. The summed E-state index contributed by atoms with van der Waals surface area (Å²) in [6.45, 7) is 0.908. The van der Waals surface area contributed by atoms with Gasteiger partial charge in [-0.2, -0.15) is 0 Å². The molecule has 0 saturated carbocycles. The van der Waals surface area contributed by atoms with Gasteiger partial charge in [-0.05, 0) is 30.8 Å². The summed E-state index contributed by atoms with van der Waals surface area (Å²) in [6.07, 6.45) is 0.871. The zero-order valence-electron chi connectivity index (χ0n) is 10.8. The minimum atomic E-state index is 0.712. The van der Waals surface area contributed by atoms with Crippen molar-refractivity contribution in [2.75, 3.05) is 14.1 Å². The second-order valence-electron chi connectivity index (χ2n) is 4.63. The van der Waals surface area contributed by atoms with Gasteiger partial charge in [0, 0.05) is 12.1 Å². The molecule has 0 aromatic heterocycles. The van der Waals surface area contributed by atoms with Crippen LogP contribution in [0.5, 0.6) is 0 Å². The lowest BCUT2D eigenvalue weighted by atomic mass is 9.98. The van der Waals surface area contributed by atoms with Gasteiger partial charge in [0.1, 0.15) is 6.29 Å². The Morgan fingerprint density at radius 1 is 1.00 bits per heavy atom. The maximum absolute atomic E-state index is 10.7.